The zero-order valence-electron chi connectivity index (χ0n) is 12.4. The molecule has 0 spiro atoms. The molecular formula is C16H24OSi. The smallest absolute Gasteiger partial charge is 0.264 e. The third-order valence-corrected chi connectivity index (χ3v) is 7.91. The first kappa shape index (κ1) is 14.9. The molecule has 0 aliphatic rings. The topological polar surface area (TPSA) is 9.23 Å². The second-order valence-electron chi connectivity index (χ2n) is 6.24. The lowest BCUT2D eigenvalue weighted by Gasteiger charge is -2.33. The SMILES string of the molecule is CC(C#CO[Si](C)(C)C(C)(C)C)c1ccccc1. The predicted molar refractivity (Wildman–Crippen MR) is 80.9 cm³/mol. The van der Waals surface area contributed by atoms with Crippen molar-refractivity contribution in [1.82, 2.24) is 0 Å². The van der Waals surface area contributed by atoms with Crippen molar-refractivity contribution in [3.05, 3.63) is 35.9 Å². The van der Waals surface area contributed by atoms with E-state index in [2.05, 4.69) is 64.9 Å². The van der Waals surface area contributed by atoms with Crippen LogP contribution in [0.1, 0.15) is 39.2 Å². The van der Waals surface area contributed by atoms with Gasteiger partial charge in [-0.1, -0.05) is 57.0 Å². The fraction of sp³-hybridized carbons (Fsp3) is 0.500. The molecule has 0 aromatic heterocycles. The summed E-state index contributed by atoms with van der Waals surface area (Å²) in [5.74, 6) is 3.41. The Kier molecular flexibility index (Phi) is 4.64. The molecule has 1 rings (SSSR count). The molecule has 0 aliphatic carbocycles. The molecule has 2 heteroatoms. The van der Waals surface area contributed by atoms with Crippen LogP contribution in [-0.4, -0.2) is 8.32 Å². The first-order chi connectivity index (χ1) is 8.24. The Hall–Kier alpha value is -1.20. The summed E-state index contributed by atoms with van der Waals surface area (Å²) in [5.41, 5.74) is 1.24. The maximum absolute atomic E-state index is 5.86. The molecule has 0 N–H and O–H groups in total. The predicted octanol–water partition coefficient (Wildman–Crippen LogP) is 4.77. The highest BCUT2D eigenvalue weighted by molar-refractivity contribution is 6.74. The molecule has 0 heterocycles. The number of benzene rings is 1. The van der Waals surface area contributed by atoms with Crippen molar-refractivity contribution in [3.63, 3.8) is 0 Å². The maximum atomic E-state index is 5.86. The lowest BCUT2D eigenvalue weighted by Crippen LogP contribution is -2.39. The highest BCUT2D eigenvalue weighted by atomic mass is 28.4. The Labute approximate surface area is 113 Å². The van der Waals surface area contributed by atoms with Crippen molar-refractivity contribution in [1.29, 1.82) is 0 Å². The van der Waals surface area contributed by atoms with Crippen molar-refractivity contribution >= 4 is 8.32 Å². The van der Waals surface area contributed by atoms with Gasteiger partial charge in [0.05, 0.1) is 6.11 Å². The van der Waals surface area contributed by atoms with Gasteiger partial charge in [0.15, 0.2) is 0 Å². The van der Waals surface area contributed by atoms with E-state index in [0.717, 1.165) is 0 Å². The molecule has 1 aromatic rings. The first-order valence-electron chi connectivity index (χ1n) is 6.47. The normalized spacial score (nSPS) is 13.4. The van der Waals surface area contributed by atoms with Crippen LogP contribution in [0, 0.1) is 12.0 Å². The van der Waals surface area contributed by atoms with Crippen molar-refractivity contribution in [2.45, 2.75) is 51.7 Å². The van der Waals surface area contributed by atoms with Crippen LogP contribution in [0.15, 0.2) is 30.3 Å². The minimum absolute atomic E-state index is 0.206. The van der Waals surface area contributed by atoms with Crippen molar-refractivity contribution in [2.24, 2.45) is 0 Å². The van der Waals surface area contributed by atoms with Gasteiger partial charge in [-0.05, 0) is 30.6 Å². The molecular weight excluding hydrogens is 236 g/mol. The average Bonchev–Trinajstić information content (AvgIpc) is 2.28. The van der Waals surface area contributed by atoms with E-state index in [1.807, 2.05) is 18.2 Å². The summed E-state index contributed by atoms with van der Waals surface area (Å²) in [7, 11) is -1.75. The Bertz CT molecular complexity index is 432. The quantitative estimate of drug-likeness (QED) is 0.549. The minimum atomic E-state index is -1.75. The summed E-state index contributed by atoms with van der Waals surface area (Å²) < 4.78 is 5.86. The summed E-state index contributed by atoms with van der Waals surface area (Å²) >= 11 is 0. The monoisotopic (exact) mass is 260 g/mol. The van der Waals surface area contributed by atoms with Crippen molar-refractivity contribution in [3.8, 4) is 12.0 Å². The molecule has 0 aliphatic heterocycles. The van der Waals surface area contributed by atoms with Gasteiger partial charge in [-0.25, -0.2) is 0 Å². The Morgan fingerprint density at radius 2 is 1.67 bits per heavy atom. The van der Waals surface area contributed by atoms with E-state index < -0.39 is 8.32 Å². The summed E-state index contributed by atoms with van der Waals surface area (Å²) in [6.45, 7) is 13.2. The molecule has 18 heavy (non-hydrogen) atoms. The number of rotatable bonds is 2. The van der Waals surface area contributed by atoms with Crippen LogP contribution in [0.3, 0.4) is 0 Å². The van der Waals surface area contributed by atoms with Crippen LogP contribution in [0.5, 0.6) is 0 Å². The van der Waals surface area contributed by atoms with Gasteiger partial charge in [-0.15, -0.1) is 0 Å². The molecule has 1 aromatic carbocycles. The van der Waals surface area contributed by atoms with E-state index in [-0.39, 0.29) is 11.0 Å². The number of hydrogen-bond donors (Lipinski definition) is 0. The van der Waals surface area contributed by atoms with E-state index >= 15 is 0 Å². The summed E-state index contributed by atoms with van der Waals surface area (Å²) in [6.07, 6.45) is 2.94. The third kappa shape index (κ3) is 3.92. The minimum Gasteiger partial charge on any atom is -0.500 e. The van der Waals surface area contributed by atoms with Gasteiger partial charge in [0.2, 0.25) is 0 Å². The van der Waals surface area contributed by atoms with Crippen molar-refractivity contribution < 1.29 is 4.43 Å². The van der Waals surface area contributed by atoms with Crippen LogP contribution in [0.25, 0.3) is 0 Å². The third-order valence-electron chi connectivity index (χ3n) is 3.69. The molecule has 0 radical (unpaired) electrons. The molecule has 1 atom stereocenters. The van der Waals surface area contributed by atoms with Crippen LogP contribution < -0.4 is 0 Å². The van der Waals surface area contributed by atoms with E-state index in [9.17, 15) is 0 Å². The maximum Gasteiger partial charge on any atom is 0.264 e. The average molecular weight is 260 g/mol. The fourth-order valence-corrected chi connectivity index (χ4v) is 1.84. The molecule has 0 bridgehead atoms. The lowest BCUT2D eigenvalue weighted by molar-refractivity contribution is 0.460. The van der Waals surface area contributed by atoms with Gasteiger partial charge >= 0.3 is 0 Å². The van der Waals surface area contributed by atoms with Crippen molar-refractivity contribution in [2.75, 3.05) is 0 Å². The second-order valence-corrected chi connectivity index (χ2v) is 11.0. The van der Waals surface area contributed by atoms with Crippen LogP contribution in [-0.2, 0) is 4.43 Å². The zero-order chi connectivity index (χ0) is 13.8. The van der Waals surface area contributed by atoms with Gasteiger partial charge in [-0.2, -0.15) is 0 Å². The van der Waals surface area contributed by atoms with Gasteiger partial charge in [0.25, 0.3) is 8.32 Å². The van der Waals surface area contributed by atoms with E-state index in [0.29, 0.717) is 0 Å². The van der Waals surface area contributed by atoms with Gasteiger partial charge in [0.1, 0.15) is 0 Å². The largest absolute Gasteiger partial charge is 0.500 e. The first-order valence-corrected chi connectivity index (χ1v) is 9.38. The molecule has 0 saturated carbocycles. The number of hydrogen-bond acceptors (Lipinski definition) is 1. The summed E-state index contributed by atoms with van der Waals surface area (Å²) in [6, 6.07) is 10.3. The highest BCUT2D eigenvalue weighted by Crippen LogP contribution is 2.36. The van der Waals surface area contributed by atoms with Crippen LogP contribution >= 0.6 is 0 Å². The van der Waals surface area contributed by atoms with Crippen LogP contribution in [0.2, 0.25) is 18.1 Å². The van der Waals surface area contributed by atoms with E-state index in [1.165, 1.54) is 5.56 Å². The standard InChI is InChI=1S/C16H24OSi/c1-14(15-10-8-7-9-11-15)12-13-17-18(5,6)16(2,3)4/h7-11,14H,1-6H3. The lowest BCUT2D eigenvalue weighted by atomic mass is 10.0. The molecule has 98 valence electrons. The molecule has 0 amide bonds. The highest BCUT2D eigenvalue weighted by Gasteiger charge is 2.38. The zero-order valence-corrected chi connectivity index (χ0v) is 13.4. The molecule has 1 nitrogen and oxygen atoms in total. The van der Waals surface area contributed by atoms with E-state index in [4.69, 9.17) is 4.43 Å². The van der Waals surface area contributed by atoms with Crippen LogP contribution in [0.4, 0.5) is 0 Å². The van der Waals surface area contributed by atoms with Gasteiger partial charge in [0, 0.05) is 5.92 Å². The Balaban J connectivity index is 2.68. The summed E-state index contributed by atoms with van der Waals surface area (Å²) in [4.78, 5) is 0. The van der Waals surface area contributed by atoms with Gasteiger partial charge in [-0.3, -0.25) is 0 Å². The Morgan fingerprint density at radius 1 is 1.11 bits per heavy atom. The molecule has 1 unspecified atom stereocenters. The van der Waals surface area contributed by atoms with E-state index in [1.54, 1.807) is 0 Å². The molecule has 0 saturated heterocycles. The fourth-order valence-electron chi connectivity index (χ4n) is 1.22. The summed E-state index contributed by atoms with van der Waals surface area (Å²) in [5, 5.41) is 0.206. The Morgan fingerprint density at radius 3 is 2.17 bits per heavy atom. The van der Waals surface area contributed by atoms with Gasteiger partial charge < -0.3 is 4.43 Å². The molecule has 0 fully saturated rings. The second kappa shape index (κ2) is 5.62.